The normalized spacial score (nSPS) is 17.8. The third-order valence-electron chi connectivity index (χ3n) is 3.44. The second-order valence-corrected chi connectivity index (χ2v) is 5.16. The highest BCUT2D eigenvalue weighted by Gasteiger charge is 2.24. The third-order valence-corrected chi connectivity index (χ3v) is 3.68. The van der Waals surface area contributed by atoms with Gasteiger partial charge in [0.15, 0.2) is 0 Å². The molecule has 1 aliphatic rings. The number of hydrogen-bond acceptors (Lipinski definition) is 2. The molecule has 0 spiro atoms. The van der Waals surface area contributed by atoms with E-state index >= 15 is 0 Å². The van der Waals surface area contributed by atoms with E-state index in [1.165, 1.54) is 0 Å². The van der Waals surface area contributed by atoms with Crippen molar-refractivity contribution < 1.29 is 9.21 Å². The lowest BCUT2D eigenvalue weighted by molar-refractivity contribution is 0.0932. The molecule has 3 nitrogen and oxygen atoms in total. The standard InChI is InChI=1S/C15H14ClNO2/c16-11-4-1-3-10(9-11)15(18)17-13-5-2-6-14-12(13)7-8-19-14/h1,3-4,7-9,13H,2,5-6H2,(H,17,18). The van der Waals surface area contributed by atoms with Gasteiger partial charge in [0.2, 0.25) is 0 Å². The fraction of sp³-hybridized carbons (Fsp3) is 0.267. The SMILES string of the molecule is O=C(NC1CCCc2occc21)c1cccc(Cl)c1. The molecule has 0 saturated heterocycles. The van der Waals surface area contributed by atoms with Crippen molar-refractivity contribution in [2.75, 3.05) is 0 Å². The molecule has 1 aromatic heterocycles. The van der Waals surface area contributed by atoms with Crippen LogP contribution < -0.4 is 5.32 Å². The molecule has 1 aliphatic carbocycles. The summed E-state index contributed by atoms with van der Waals surface area (Å²) in [5.74, 6) is 0.893. The highest BCUT2D eigenvalue weighted by atomic mass is 35.5. The van der Waals surface area contributed by atoms with Crippen molar-refractivity contribution in [1.82, 2.24) is 5.32 Å². The summed E-state index contributed by atoms with van der Waals surface area (Å²) in [5, 5.41) is 3.62. The van der Waals surface area contributed by atoms with Gasteiger partial charge in [0.25, 0.3) is 5.91 Å². The van der Waals surface area contributed by atoms with Crippen molar-refractivity contribution >= 4 is 17.5 Å². The van der Waals surface area contributed by atoms with E-state index in [-0.39, 0.29) is 11.9 Å². The Hall–Kier alpha value is -1.74. The number of halogens is 1. The molecule has 1 heterocycles. The number of furan rings is 1. The fourth-order valence-corrected chi connectivity index (χ4v) is 2.70. The second kappa shape index (κ2) is 5.10. The predicted octanol–water partition coefficient (Wildman–Crippen LogP) is 3.74. The Kier molecular flexibility index (Phi) is 3.30. The predicted molar refractivity (Wildman–Crippen MR) is 73.3 cm³/mol. The van der Waals surface area contributed by atoms with Crippen LogP contribution in [0.5, 0.6) is 0 Å². The van der Waals surface area contributed by atoms with Crippen molar-refractivity contribution in [3.05, 3.63) is 58.5 Å². The minimum Gasteiger partial charge on any atom is -0.469 e. The summed E-state index contributed by atoms with van der Waals surface area (Å²) in [6.45, 7) is 0. The number of benzene rings is 1. The lowest BCUT2D eigenvalue weighted by Crippen LogP contribution is -2.30. The molecule has 0 aliphatic heterocycles. The van der Waals surface area contributed by atoms with Crippen LogP contribution in [0.2, 0.25) is 5.02 Å². The molecule has 98 valence electrons. The van der Waals surface area contributed by atoms with Gasteiger partial charge >= 0.3 is 0 Å². The highest BCUT2D eigenvalue weighted by molar-refractivity contribution is 6.30. The van der Waals surface area contributed by atoms with E-state index in [4.69, 9.17) is 16.0 Å². The van der Waals surface area contributed by atoms with Crippen LogP contribution in [0.25, 0.3) is 0 Å². The van der Waals surface area contributed by atoms with E-state index in [1.807, 2.05) is 6.07 Å². The van der Waals surface area contributed by atoms with Crippen molar-refractivity contribution in [3.63, 3.8) is 0 Å². The number of carbonyl (C=O) groups is 1. The number of carbonyl (C=O) groups excluding carboxylic acids is 1. The molecule has 1 atom stereocenters. The van der Waals surface area contributed by atoms with Crippen LogP contribution in [0.1, 0.15) is 40.6 Å². The van der Waals surface area contributed by atoms with E-state index < -0.39 is 0 Å². The number of nitrogens with one attached hydrogen (secondary N) is 1. The minimum atomic E-state index is -0.0958. The van der Waals surface area contributed by atoms with Gasteiger partial charge in [-0.1, -0.05) is 17.7 Å². The Labute approximate surface area is 116 Å². The smallest absolute Gasteiger partial charge is 0.251 e. The summed E-state index contributed by atoms with van der Waals surface area (Å²) in [6.07, 6.45) is 4.61. The zero-order valence-corrected chi connectivity index (χ0v) is 11.1. The molecule has 1 unspecified atom stereocenters. The molecule has 0 radical (unpaired) electrons. The fourth-order valence-electron chi connectivity index (χ4n) is 2.51. The Morgan fingerprint density at radius 3 is 3.11 bits per heavy atom. The molecular formula is C15H14ClNO2. The van der Waals surface area contributed by atoms with Gasteiger partial charge in [-0.05, 0) is 37.1 Å². The van der Waals surface area contributed by atoms with Gasteiger partial charge in [0.1, 0.15) is 5.76 Å². The molecule has 19 heavy (non-hydrogen) atoms. The first-order valence-corrected chi connectivity index (χ1v) is 6.74. The van der Waals surface area contributed by atoms with Gasteiger partial charge in [-0.25, -0.2) is 0 Å². The summed E-state index contributed by atoms with van der Waals surface area (Å²) in [5.41, 5.74) is 1.68. The van der Waals surface area contributed by atoms with Gasteiger partial charge < -0.3 is 9.73 Å². The number of aryl methyl sites for hydroxylation is 1. The molecule has 2 aromatic rings. The maximum Gasteiger partial charge on any atom is 0.251 e. The summed E-state index contributed by atoms with van der Waals surface area (Å²) in [6, 6.07) is 8.95. The Balaban J connectivity index is 1.78. The lowest BCUT2D eigenvalue weighted by atomic mass is 9.93. The number of fused-ring (bicyclic) bond motifs is 1. The van der Waals surface area contributed by atoms with E-state index in [0.29, 0.717) is 10.6 Å². The molecule has 0 fully saturated rings. The van der Waals surface area contributed by atoms with E-state index in [0.717, 1.165) is 30.6 Å². The summed E-state index contributed by atoms with van der Waals surface area (Å²) < 4.78 is 5.42. The van der Waals surface area contributed by atoms with Gasteiger partial charge in [-0.2, -0.15) is 0 Å². The largest absolute Gasteiger partial charge is 0.469 e. The monoisotopic (exact) mass is 275 g/mol. The zero-order chi connectivity index (χ0) is 13.2. The summed E-state index contributed by atoms with van der Waals surface area (Å²) in [4.78, 5) is 12.2. The van der Waals surface area contributed by atoms with Gasteiger partial charge in [-0.3, -0.25) is 4.79 Å². The summed E-state index contributed by atoms with van der Waals surface area (Å²) in [7, 11) is 0. The van der Waals surface area contributed by atoms with Crippen LogP contribution in [-0.2, 0) is 6.42 Å². The van der Waals surface area contributed by atoms with Crippen molar-refractivity contribution in [2.24, 2.45) is 0 Å². The molecule has 4 heteroatoms. The lowest BCUT2D eigenvalue weighted by Gasteiger charge is -2.22. The van der Waals surface area contributed by atoms with E-state index in [2.05, 4.69) is 5.32 Å². The van der Waals surface area contributed by atoms with Crippen LogP contribution in [0.15, 0.2) is 41.0 Å². The van der Waals surface area contributed by atoms with Gasteiger partial charge in [-0.15, -0.1) is 0 Å². The average Bonchev–Trinajstić information content (AvgIpc) is 2.88. The molecule has 0 bridgehead atoms. The van der Waals surface area contributed by atoms with Crippen molar-refractivity contribution in [2.45, 2.75) is 25.3 Å². The summed E-state index contributed by atoms with van der Waals surface area (Å²) >= 11 is 5.90. The third kappa shape index (κ3) is 2.51. The quantitative estimate of drug-likeness (QED) is 0.907. The van der Waals surface area contributed by atoms with E-state index in [1.54, 1.807) is 30.5 Å². The van der Waals surface area contributed by atoms with Crippen LogP contribution in [0, 0.1) is 0 Å². The molecule has 1 amide bonds. The van der Waals surface area contributed by atoms with Gasteiger partial charge in [0.05, 0.1) is 12.3 Å². The molecular weight excluding hydrogens is 262 g/mol. The van der Waals surface area contributed by atoms with Crippen molar-refractivity contribution in [1.29, 1.82) is 0 Å². The molecule has 0 saturated carbocycles. The molecule has 1 N–H and O–H groups in total. The number of rotatable bonds is 2. The average molecular weight is 276 g/mol. The topological polar surface area (TPSA) is 42.2 Å². The minimum absolute atomic E-state index is 0.0361. The van der Waals surface area contributed by atoms with Crippen LogP contribution in [0.3, 0.4) is 0 Å². The second-order valence-electron chi connectivity index (χ2n) is 4.73. The van der Waals surface area contributed by atoms with Crippen LogP contribution in [-0.4, -0.2) is 5.91 Å². The van der Waals surface area contributed by atoms with Crippen molar-refractivity contribution in [3.8, 4) is 0 Å². The Morgan fingerprint density at radius 2 is 2.26 bits per heavy atom. The number of amides is 1. The first kappa shape index (κ1) is 12.3. The maximum absolute atomic E-state index is 12.2. The van der Waals surface area contributed by atoms with Gasteiger partial charge in [0, 0.05) is 22.6 Å². The van der Waals surface area contributed by atoms with Crippen LogP contribution >= 0.6 is 11.6 Å². The molecule has 1 aromatic carbocycles. The molecule has 3 rings (SSSR count). The zero-order valence-electron chi connectivity index (χ0n) is 10.4. The first-order valence-electron chi connectivity index (χ1n) is 6.37. The number of hydrogen-bond donors (Lipinski definition) is 1. The van der Waals surface area contributed by atoms with E-state index in [9.17, 15) is 4.79 Å². The Morgan fingerprint density at radius 1 is 1.37 bits per heavy atom. The van der Waals surface area contributed by atoms with Crippen LogP contribution in [0.4, 0.5) is 0 Å². The Bertz CT molecular complexity index is 606. The maximum atomic E-state index is 12.2. The first-order chi connectivity index (χ1) is 9.24. The highest BCUT2D eigenvalue weighted by Crippen LogP contribution is 2.30.